The summed E-state index contributed by atoms with van der Waals surface area (Å²) >= 11 is 11.8. The van der Waals surface area contributed by atoms with Crippen LogP contribution >= 0.6 is 23.2 Å². The van der Waals surface area contributed by atoms with E-state index in [9.17, 15) is 9.18 Å². The molecule has 0 bridgehead atoms. The van der Waals surface area contributed by atoms with Gasteiger partial charge in [0, 0.05) is 11.6 Å². The molecule has 0 aliphatic heterocycles. The number of esters is 1. The van der Waals surface area contributed by atoms with Gasteiger partial charge in [-0.1, -0.05) is 61.3 Å². The average Bonchev–Trinajstić information content (AvgIpc) is 2.73. The van der Waals surface area contributed by atoms with E-state index in [-0.39, 0.29) is 17.0 Å². The highest BCUT2D eigenvalue weighted by Crippen LogP contribution is 2.27. The maximum atomic E-state index is 13.2. The Morgan fingerprint density at radius 1 is 1.10 bits per heavy atom. The minimum Gasteiger partial charge on any atom is -0.485 e. The Balaban J connectivity index is 1.81. The number of nitrogens with zero attached hydrogens (tertiary/aromatic N) is 1. The van der Waals surface area contributed by atoms with Crippen molar-refractivity contribution >= 4 is 39.9 Å². The van der Waals surface area contributed by atoms with Gasteiger partial charge in [-0.3, -0.25) is 9.78 Å². The summed E-state index contributed by atoms with van der Waals surface area (Å²) in [6, 6.07) is 15.1. The van der Waals surface area contributed by atoms with Gasteiger partial charge < -0.3 is 9.47 Å². The van der Waals surface area contributed by atoms with Crippen molar-refractivity contribution in [3.63, 3.8) is 0 Å². The summed E-state index contributed by atoms with van der Waals surface area (Å²) in [5.74, 6) is -1.33. The van der Waals surface area contributed by atoms with Crippen LogP contribution in [0.5, 0.6) is 5.75 Å². The molecule has 162 valence electrons. The lowest BCUT2D eigenvalue weighted by atomic mass is 9.90. The first-order chi connectivity index (χ1) is 14.8. The zero-order chi connectivity index (χ0) is 22.4. The van der Waals surface area contributed by atoms with E-state index in [1.165, 1.54) is 30.3 Å². The Labute approximate surface area is 190 Å². The van der Waals surface area contributed by atoms with Crippen molar-refractivity contribution in [1.29, 1.82) is 0 Å². The molecule has 7 heteroatoms. The van der Waals surface area contributed by atoms with E-state index in [0.29, 0.717) is 11.4 Å². The molecule has 0 saturated heterocycles. The summed E-state index contributed by atoms with van der Waals surface area (Å²) in [6.07, 6.45) is 2.32. The highest BCUT2D eigenvalue weighted by atomic mass is 35.5. The summed E-state index contributed by atoms with van der Waals surface area (Å²) in [5.41, 5.74) is 0.663. The predicted octanol–water partition coefficient (Wildman–Crippen LogP) is 6.46. The third kappa shape index (κ3) is 6.18. The van der Waals surface area contributed by atoms with Gasteiger partial charge in [-0.15, -0.1) is 0 Å². The average molecular weight is 462 g/mol. The molecule has 2 unspecified atom stereocenters. The first-order valence-electron chi connectivity index (χ1n) is 9.79. The van der Waals surface area contributed by atoms with Crippen LogP contribution in [0.25, 0.3) is 10.8 Å². The molecule has 4 nitrogen and oxygen atoms in total. The number of pyridine rings is 1. The maximum Gasteiger partial charge on any atom is 0.313 e. The molecule has 31 heavy (non-hydrogen) atoms. The standard InChI is InChI=1S/C24H22Cl2FNO3/c1-15(2)23(21(13-22(25)26)31-18-9-7-17(27)8-10-18)24(29)30-14-20-19-6-4-3-5-16(19)11-12-28-20/h3-13,15,21,23H,14H2,1-2H3. The normalized spacial score (nSPS) is 13.0. The molecule has 2 aromatic carbocycles. The molecule has 0 saturated carbocycles. The van der Waals surface area contributed by atoms with E-state index in [0.717, 1.165) is 10.8 Å². The number of rotatable bonds is 8. The van der Waals surface area contributed by atoms with Crippen molar-refractivity contribution in [2.45, 2.75) is 26.6 Å². The molecule has 0 radical (unpaired) electrons. The van der Waals surface area contributed by atoms with Crippen molar-refractivity contribution in [3.8, 4) is 5.75 Å². The van der Waals surface area contributed by atoms with Crippen molar-refractivity contribution < 1.29 is 18.7 Å². The van der Waals surface area contributed by atoms with Gasteiger partial charge in [0.2, 0.25) is 0 Å². The van der Waals surface area contributed by atoms with Gasteiger partial charge in [0.05, 0.1) is 11.6 Å². The van der Waals surface area contributed by atoms with Crippen molar-refractivity contribution in [2.24, 2.45) is 11.8 Å². The molecule has 1 aromatic heterocycles. The summed E-state index contributed by atoms with van der Waals surface area (Å²) in [7, 11) is 0. The molecule has 1 heterocycles. The number of halogens is 3. The monoisotopic (exact) mass is 461 g/mol. The van der Waals surface area contributed by atoms with Gasteiger partial charge in [0.15, 0.2) is 0 Å². The smallest absolute Gasteiger partial charge is 0.313 e. The molecular formula is C24H22Cl2FNO3. The zero-order valence-electron chi connectivity index (χ0n) is 17.1. The number of fused-ring (bicyclic) bond motifs is 1. The van der Waals surface area contributed by atoms with E-state index in [2.05, 4.69) is 4.98 Å². The Morgan fingerprint density at radius 2 is 1.81 bits per heavy atom. The Bertz CT molecular complexity index is 1060. The molecule has 0 aliphatic carbocycles. The summed E-state index contributed by atoms with van der Waals surface area (Å²) in [5, 5.41) is 1.93. The lowest BCUT2D eigenvalue weighted by Crippen LogP contribution is -2.36. The van der Waals surface area contributed by atoms with Gasteiger partial charge >= 0.3 is 5.97 Å². The lowest BCUT2D eigenvalue weighted by Gasteiger charge is -2.27. The molecule has 0 fully saturated rings. The number of carbonyl (C=O) groups is 1. The van der Waals surface area contributed by atoms with Crippen LogP contribution in [-0.2, 0) is 16.1 Å². The van der Waals surface area contributed by atoms with Crippen molar-refractivity contribution in [1.82, 2.24) is 4.98 Å². The molecule has 0 aliphatic rings. The maximum absolute atomic E-state index is 13.2. The van der Waals surface area contributed by atoms with Crippen molar-refractivity contribution in [2.75, 3.05) is 0 Å². The molecule has 0 spiro atoms. The fourth-order valence-corrected chi connectivity index (χ4v) is 3.57. The van der Waals surface area contributed by atoms with Crippen LogP contribution in [-0.4, -0.2) is 17.1 Å². The fourth-order valence-electron chi connectivity index (χ4n) is 3.32. The van der Waals surface area contributed by atoms with Gasteiger partial charge in [-0.25, -0.2) is 4.39 Å². The Hall–Kier alpha value is -2.63. The molecule has 3 aromatic rings. The van der Waals surface area contributed by atoms with Gasteiger partial charge in [0.25, 0.3) is 0 Å². The SMILES string of the molecule is CC(C)C(C(=O)OCc1nccc2ccccc12)C(C=C(Cl)Cl)Oc1ccc(F)cc1. The fraction of sp³-hybridized carbons (Fsp3) is 0.250. The van der Waals surface area contributed by atoms with E-state index in [1.807, 2.05) is 44.2 Å². The van der Waals surface area contributed by atoms with Gasteiger partial charge in [-0.05, 0) is 47.7 Å². The van der Waals surface area contributed by atoms with Crippen molar-refractivity contribution in [3.05, 3.63) is 82.9 Å². The molecule has 2 atom stereocenters. The second-order valence-electron chi connectivity index (χ2n) is 7.35. The molecule has 0 N–H and O–H groups in total. The predicted molar refractivity (Wildman–Crippen MR) is 120 cm³/mol. The third-order valence-corrected chi connectivity index (χ3v) is 5.08. The highest BCUT2D eigenvalue weighted by Gasteiger charge is 2.33. The number of aromatic nitrogens is 1. The van der Waals surface area contributed by atoms with Crippen LogP contribution in [0.1, 0.15) is 19.5 Å². The second-order valence-corrected chi connectivity index (χ2v) is 8.36. The minimum absolute atomic E-state index is 0.0188. The zero-order valence-corrected chi connectivity index (χ0v) is 18.6. The topological polar surface area (TPSA) is 48.4 Å². The van der Waals surface area contributed by atoms with Crippen LogP contribution in [0.2, 0.25) is 0 Å². The lowest BCUT2D eigenvalue weighted by molar-refractivity contribution is -0.154. The van der Waals surface area contributed by atoms with Gasteiger partial charge in [0.1, 0.15) is 28.8 Å². The van der Waals surface area contributed by atoms with E-state index < -0.39 is 23.8 Å². The summed E-state index contributed by atoms with van der Waals surface area (Å²) in [4.78, 5) is 17.4. The first kappa shape index (κ1) is 23.0. The quantitative estimate of drug-likeness (QED) is 0.361. The Morgan fingerprint density at radius 3 is 2.48 bits per heavy atom. The number of benzene rings is 2. The second kappa shape index (κ2) is 10.6. The van der Waals surface area contributed by atoms with Crippen LogP contribution < -0.4 is 4.74 Å². The number of hydrogen-bond donors (Lipinski definition) is 0. The number of hydrogen-bond acceptors (Lipinski definition) is 4. The number of ether oxygens (including phenoxy) is 2. The minimum atomic E-state index is -0.802. The molecule has 0 amide bonds. The summed E-state index contributed by atoms with van der Waals surface area (Å²) in [6.45, 7) is 3.77. The van der Waals surface area contributed by atoms with Crippen LogP contribution in [0.4, 0.5) is 4.39 Å². The van der Waals surface area contributed by atoms with E-state index >= 15 is 0 Å². The van der Waals surface area contributed by atoms with Crippen LogP contribution in [0, 0.1) is 17.7 Å². The van der Waals surface area contributed by atoms with Gasteiger partial charge in [-0.2, -0.15) is 0 Å². The molecular weight excluding hydrogens is 440 g/mol. The van der Waals surface area contributed by atoms with E-state index in [4.69, 9.17) is 32.7 Å². The van der Waals surface area contributed by atoms with Crippen LogP contribution in [0.3, 0.4) is 0 Å². The first-order valence-corrected chi connectivity index (χ1v) is 10.5. The summed E-state index contributed by atoms with van der Waals surface area (Å²) < 4.78 is 24.7. The Kier molecular flexibility index (Phi) is 7.88. The van der Waals surface area contributed by atoms with E-state index in [1.54, 1.807) is 6.20 Å². The largest absolute Gasteiger partial charge is 0.485 e. The number of carbonyl (C=O) groups excluding carboxylic acids is 1. The highest BCUT2D eigenvalue weighted by molar-refractivity contribution is 6.55. The van der Waals surface area contributed by atoms with Crippen LogP contribution in [0.15, 0.2) is 71.4 Å². The molecule has 3 rings (SSSR count). The third-order valence-electron chi connectivity index (χ3n) is 4.83.